The van der Waals surface area contributed by atoms with Crippen molar-refractivity contribution in [2.75, 3.05) is 32.7 Å². The van der Waals surface area contributed by atoms with E-state index in [2.05, 4.69) is 11.8 Å². The third-order valence-electron chi connectivity index (χ3n) is 5.84. The first-order valence-corrected chi connectivity index (χ1v) is 9.70. The van der Waals surface area contributed by atoms with Crippen molar-refractivity contribution in [2.45, 2.75) is 39.5 Å². The summed E-state index contributed by atoms with van der Waals surface area (Å²) >= 11 is 0. The molecule has 0 aromatic heterocycles. The number of hydrogen-bond acceptors (Lipinski definition) is 4. The van der Waals surface area contributed by atoms with Gasteiger partial charge in [-0.3, -0.25) is 14.9 Å². The first-order chi connectivity index (χ1) is 12.4. The largest absolute Gasteiger partial charge is 0.338 e. The van der Waals surface area contributed by atoms with E-state index in [9.17, 15) is 14.9 Å². The number of likely N-dealkylation sites (tertiary alicyclic amines) is 2. The molecule has 2 saturated heterocycles. The summed E-state index contributed by atoms with van der Waals surface area (Å²) in [6.45, 7) is 9.01. The molecule has 2 fully saturated rings. The molecule has 1 amide bonds. The van der Waals surface area contributed by atoms with Crippen molar-refractivity contribution in [1.82, 2.24) is 9.80 Å². The Kier molecular flexibility index (Phi) is 5.91. The maximum atomic E-state index is 12.9. The highest BCUT2D eigenvalue weighted by atomic mass is 16.6. The Bertz CT molecular complexity index is 668. The van der Waals surface area contributed by atoms with Gasteiger partial charge in [-0.05, 0) is 69.7 Å². The van der Waals surface area contributed by atoms with Gasteiger partial charge in [0.2, 0.25) is 0 Å². The number of carbonyl (C=O) groups excluding carboxylic acids is 1. The van der Waals surface area contributed by atoms with Crippen LogP contribution in [0.3, 0.4) is 0 Å². The molecule has 3 rings (SSSR count). The van der Waals surface area contributed by atoms with Crippen LogP contribution in [0.5, 0.6) is 0 Å². The molecule has 0 radical (unpaired) electrons. The fourth-order valence-electron chi connectivity index (χ4n) is 4.18. The Morgan fingerprint density at radius 2 is 1.96 bits per heavy atom. The van der Waals surface area contributed by atoms with Crippen LogP contribution in [0.2, 0.25) is 0 Å². The highest BCUT2D eigenvalue weighted by Crippen LogP contribution is 2.24. The number of hydrogen-bond donors (Lipinski definition) is 0. The van der Waals surface area contributed by atoms with Crippen molar-refractivity contribution in [3.8, 4) is 0 Å². The van der Waals surface area contributed by atoms with Gasteiger partial charge in [-0.1, -0.05) is 6.92 Å². The molecule has 6 heteroatoms. The quantitative estimate of drug-likeness (QED) is 0.610. The van der Waals surface area contributed by atoms with Gasteiger partial charge in [-0.2, -0.15) is 0 Å². The third kappa shape index (κ3) is 4.41. The third-order valence-corrected chi connectivity index (χ3v) is 5.84. The second kappa shape index (κ2) is 8.16. The van der Waals surface area contributed by atoms with Crippen molar-refractivity contribution in [3.63, 3.8) is 0 Å². The molecule has 0 saturated carbocycles. The smallest absolute Gasteiger partial charge is 0.272 e. The molecule has 142 valence electrons. The van der Waals surface area contributed by atoms with Crippen molar-refractivity contribution >= 4 is 11.6 Å². The maximum absolute atomic E-state index is 12.9. The number of aryl methyl sites for hydroxylation is 1. The number of nitro benzene ring substituents is 1. The molecule has 0 N–H and O–H groups in total. The second-order valence-electron chi connectivity index (χ2n) is 8.00. The van der Waals surface area contributed by atoms with Crippen molar-refractivity contribution in [3.05, 3.63) is 39.4 Å². The molecule has 0 spiro atoms. The van der Waals surface area contributed by atoms with E-state index in [0.29, 0.717) is 17.0 Å². The Balaban J connectivity index is 1.61. The lowest BCUT2D eigenvalue weighted by molar-refractivity contribution is -0.385. The first-order valence-electron chi connectivity index (χ1n) is 9.70. The van der Waals surface area contributed by atoms with Crippen LogP contribution in [0.1, 0.15) is 48.5 Å². The molecule has 2 heterocycles. The van der Waals surface area contributed by atoms with Crippen molar-refractivity contribution < 1.29 is 9.72 Å². The van der Waals surface area contributed by atoms with Crippen LogP contribution in [0.4, 0.5) is 5.69 Å². The zero-order valence-corrected chi connectivity index (χ0v) is 15.8. The fourth-order valence-corrected chi connectivity index (χ4v) is 4.18. The van der Waals surface area contributed by atoms with Crippen LogP contribution in [0.25, 0.3) is 0 Å². The summed E-state index contributed by atoms with van der Waals surface area (Å²) in [6.07, 6.45) is 4.76. The molecule has 2 aliphatic heterocycles. The topological polar surface area (TPSA) is 66.7 Å². The monoisotopic (exact) mass is 359 g/mol. The Morgan fingerprint density at radius 3 is 2.62 bits per heavy atom. The van der Waals surface area contributed by atoms with Gasteiger partial charge in [0.15, 0.2) is 0 Å². The zero-order chi connectivity index (χ0) is 18.7. The summed E-state index contributed by atoms with van der Waals surface area (Å²) in [4.78, 5) is 27.9. The van der Waals surface area contributed by atoms with Crippen LogP contribution < -0.4 is 0 Å². The molecule has 1 aromatic carbocycles. The van der Waals surface area contributed by atoms with Gasteiger partial charge in [-0.15, -0.1) is 0 Å². The zero-order valence-electron chi connectivity index (χ0n) is 15.8. The lowest BCUT2D eigenvalue weighted by atomic mass is 9.94. The highest BCUT2D eigenvalue weighted by molar-refractivity contribution is 5.94. The molecule has 1 unspecified atom stereocenters. The molecule has 2 aliphatic rings. The number of nitro groups is 1. The minimum atomic E-state index is -0.403. The van der Waals surface area contributed by atoms with E-state index in [1.165, 1.54) is 38.4 Å². The van der Waals surface area contributed by atoms with E-state index in [-0.39, 0.29) is 11.6 Å². The average Bonchev–Trinajstić information content (AvgIpc) is 2.63. The van der Waals surface area contributed by atoms with E-state index >= 15 is 0 Å². The number of carbonyl (C=O) groups is 1. The summed E-state index contributed by atoms with van der Waals surface area (Å²) in [7, 11) is 0. The molecule has 1 atom stereocenters. The molecule has 0 bridgehead atoms. The van der Waals surface area contributed by atoms with Crippen LogP contribution in [-0.4, -0.2) is 53.4 Å². The highest BCUT2D eigenvalue weighted by Gasteiger charge is 2.27. The predicted molar refractivity (Wildman–Crippen MR) is 101 cm³/mol. The van der Waals surface area contributed by atoms with Crippen molar-refractivity contribution in [1.29, 1.82) is 0 Å². The van der Waals surface area contributed by atoms with Gasteiger partial charge in [0.05, 0.1) is 4.92 Å². The number of piperidine rings is 2. The molecule has 6 nitrogen and oxygen atoms in total. The SMILES string of the molecule is Cc1cc(C(=O)N2CCCC(CN3CCC(C)CC3)C2)ccc1[N+](=O)[O-]. The fraction of sp³-hybridized carbons (Fsp3) is 0.650. The number of nitrogens with zero attached hydrogens (tertiary/aromatic N) is 3. The lowest BCUT2D eigenvalue weighted by Crippen LogP contribution is -2.45. The standard InChI is InChI=1S/C20H29N3O3/c1-15-7-10-21(11-8-15)13-17-4-3-9-22(14-17)20(24)18-5-6-19(23(25)26)16(2)12-18/h5-6,12,15,17H,3-4,7-11,13-14H2,1-2H3. The lowest BCUT2D eigenvalue weighted by Gasteiger charge is -2.38. The predicted octanol–water partition coefficient (Wildman–Crippen LogP) is 3.49. The minimum absolute atomic E-state index is 0.0000330. The summed E-state index contributed by atoms with van der Waals surface area (Å²) < 4.78 is 0. The number of benzene rings is 1. The Morgan fingerprint density at radius 1 is 1.23 bits per heavy atom. The second-order valence-corrected chi connectivity index (χ2v) is 8.00. The van der Waals surface area contributed by atoms with Crippen molar-refractivity contribution in [2.24, 2.45) is 11.8 Å². The molecular formula is C20H29N3O3. The summed E-state index contributed by atoms with van der Waals surface area (Å²) in [6, 6.07) is 4.68. The maximum Gasteiger partial charge on any atom is 0.272 e. The molecule has 1 aromatic rings. The van der Waals surface area contributed by atoms with Crippen LogP contribution in [0.15, 0.2) is 18.2 Å². The molecular weight excluding hydrogens is 330 g/mol. The Labute approximate surface area is 155 Å². The number of rotatable bonds is 4. The average molecular weight is 359 g/mol. The first kappa shape index (κ1) is 18.8. The summed E-state index contributed by atoms with van der Waals surface area (Å²) in [5, 5.41) is 11.0. The minimum Gasteiger partial charge on any atom is -0.338 e. The van der Waals surface area contributed by atoms with Gasteiger partial charge in [0, 0.05) is 36.8 Å². The van der Waals surface area contributed by atoms with Gasteiger partial charge < -0.3 is 9.80 Å². The van der Waals surface area contributed by atoms with Crippen LogP contribution in [-0.2, 0) is 0 Å². The normalized spacial score (nSPS) is 22.4. The van der Waals surface area contributed by atoms with E-state index in [4.69, 9.17) is 0 Å². The number of amides is 1. The van der Waals surface area contributed by atoms with E-state index in [1.807, 2.05) is 4.90 Å². The van der Waals surface area contributed by atoms with E-state index in [1.54, 1.807) is 19.1 Å². The molecule has 0 aliphatic carbocycles. The Hall–Kier alpha value is -1.95. The van der Waals surface area contributed by atoms with Gasteiger partial charge in [0.25, 0.3) is 11.6 Å². The van der Waals surface area contributed by atoms with Gasteiger partial charge in [0.1, 0.15) is 0 Å². The van der Waals surface area contributed by atoms with E-state index in [0.717, 1.165) is 32.0 Å². The van der Waals surface area contributed by atoms with Gasteiger partial charge >= 0.3 is 0 Å². The van der Waals surface area contributed by atoms with Crippen LogP contribution in [0, 0.1) is 28.9 Å². The van der Waals surface area contributed by atoms with E-state index < -0.39 is 4.92 Å². The summed E-state index contributed by atoms with van der Waals surface area (Å²) in [5.74, 6) is 1.36. The van der Waals surface area contributed by atoms with Crippen LogP contribution >= 0.6 is 0 Å². The summed E-state index contributed by atoms with van der Waals surface area (Å²) in [5.41, 5.74) is 1.16. The van der Waals surface area contributed by atoms with Gasteiger partial charge in [-0.25, -0.2) is 0 Å². The molecule has 26 heavy (non-hydrogen) atoms.